The maximum atomic E-state index is 13.4. The van der Waals surface area contributed by atoms with Crippen molar-refractivity contribution in [1.82, 2.24) is 18.3 Å². The lowest BCUT2D eigenvalue weighted by molar-refractivity contribution is -0.0464. The van der Waals surface area contributed by atoms with Crippen LogP contribution >= 0.6 is 11.8 Å². The maximum Gasteiger partial charge on any atom is 0.333 e. The second-order valence-corrected chi connectivity index (χ2v) is 12.2. The van der Waals surface area contributed by atoms with Crippen LogP contribution in [0.25, 0.3) is 0 Å². The highest BCUT2D eigenvalue weighted by Gasteiger charge is 2.35. The minimum atomic E-state index is -0.902. The average molecular weight is 647 g/mol. The molecule has 3 N–H and O–H groups in total. The first-order valence-electron chi connectivity index (χ1n) is 15.2. The zero-order chi connectivity index (χ0) is 32.5. The third kappa shape index (κ3) is 8.31. The van der Waals surface area contributed by atoms with Crippen molar-refractivity contribution in [3.05, 3.63) is 89.3 Å². The molecule has 1 fully saturated rings. The Balaban J connectivity index is 1.36. The summed E-state index contributed by atoms with van der Waals surface area (Å²) in [7, 11) is 0. The summed E-state index contributed by atoms with van der Waals surface area (Å²) >= 11 is 1.31. The van der Waals surface area contributed by atoms with Gasteiger partial charge < -0.3 is 24.8 Å². The Labute approximate surface area is 264 Å². The molecule has 0 amide bonds. The zero-order valence-corrected chi connectivity index (χ0v) is 26.5. The molecular formula is C31H42N4O9S. The van der Waals surface area contributed by atoms with E-state index in [1.165, 1.54) is 36.2 Å². The Morgan fingerprint density at radius 2 is 1.53 bits per heavy atom. The topological polar surface area (TPSA) is 167 Å². The molecule has 1 aliphatic heterocycles. The van der Waals surface area contributed by atoms with E-state index in [1.54, 1.807) is 13.8 Å². The number of aromatic nitrogens is 4. The van der Waals surface area contributed by atoms with Crippen molar-refractivity contribution in [1.29, 1.82) is 0 Å². The number of aliphatic hydroxyl groups excluding tert-OH is 3. The first-order chi connectivity index (χ1) is 21.7. The molecule has 13 nitrogen and oxygen atoms in total. The number of unbranched alkanes of at least 4 members (excludes halogenated alkanes) is 4. The van der Waals surface area contributed by atoms with E-state index in [1.807, 2.05) is 30.3 Å². The highest BCUT2D eigenvalue weighted by atomic mass is 32.2. The third-order valence-electron chi connectivity index (χ3n) is 7.83. The number of aryl methyl sites for hydroxylation is 1. The molecule has 1 saturated heterocycles. The van der Waals surface area contributed by atoms with Crippen LogP contribution < -0.4 is 22.5 Å². The molecule has 246 valence electrons. The van der Waals surface area contributed by atoms with Gasteiger partial charge in [0.25, 0.3) is 11.1 Å². The van der Waals surface area contributed by atoms with Gasteiger partial charge in [-0.3, -0.25) is 27.9 Å². The van der Waals surface area contributed by atoms with E-state index in [4.69, 9.17) is 14.6 Å². The normalized spacial score (nSPS) is 18.1. The quantitative estimate of drug-likeness (QED) is 0.153. The number of benzene rings is 1. The maximum absolute atomic E-state index is 13.4. The molecule has 0 radical (unpaired) electrons. The molecule has 0 spiro atoms. The second-order valence-electron chi connectivity index (χ2n) is 11.1. The van der Waals surface area contributed by atoms with Crippen LogP contribution in [0.1, 0.15) is 55.9 Å². The van der Waals surface area contributed by atoms with Crippen molar-refractivity contribution in [3.8, 4) is 0 Å². The molecule has 1 aliphatic rings. The molecular weight excluding hydrogens is 604 g/mol. The predicted molar refractivity (Wildman–Crippen MR) is 168 cm³/mol. The monoisotopic (exact) mass is 646 g/mol. The van der Waals surface area contributed by atoms with Gasteiger partial charge in [0.05, 0.1) is 31.0 Å². The first kappa shape index (κ1) is 34.6. The minimum absolute atomic E-state index is 0.0598. The van der Waals surface area contributed by atoms with Crippen molar-refractivity contribution >= 4 is 11.8 Å². The van der Waals surface area contributed by atoms with E-state index in [-0.39, 0.29) is 57.2 Å². The van der Waals surface area contributed by atoms with Gasteiger partial charge in [-0.05, 0) is 38.8 Å². The number of rotatable bonds is 16. The van der Waals surface area contributed by atoms with Crippen LogP contribution in [-0.2, 0) is 29.3 Å². The number of hydrogen-bond donors (Lipinski definition) is 3. The summed E-state index contributed by atoms with van der Waals surface area (Å²) in [5.74, 6) is 0. The first-order valence-corrected chi connectivity index (χ1v) is 16.0. The van der Waals surface area contributed by atoms with Crippen molar-refractivity contribution in [2.75, 3.05) is 19.8 Å². The summed E-state index contributed by atoms with van der Waals surface area (Å²) in [4.78, 5) is 53.3. The Hall–Kier alpha value is -3.27. The Bertz CT molecular complexity index is 1660. The third-order valence-corrected chi connectivity index (χ3v) is 9.06. The summed E-state index contributed by atoms with van der Waals surface area (Å²) in [6.07, 6.45) is 2.51. The van der Waals surface area contributed by atoms with Crippen molar-refractivity contribution in [2.24, 2.45) is 0 Å². The molecule has 3 heterocycles. The van der Waals surface area contributed by atoms with Gasteiger partial charge in [0, 0.05) is 41.7 Å². The molecule has 3 atom stereocenters. The molecule has 45 heavy (non-hydrogen) atoms. The number of nitrogens with zero attached hydrogens (tertiary/aromatic N) is 4. The van der Waals surface area contributed by atoms with E-state index in [2.05, 4.69) is 0 Å². The smallest absolute Gasteiger partial charge is 0.333 e. The second kappa shape index (κ2) is 16.3. The van der Waals surface area contributed by atoms with Gasteiger partial charge >= 0.3 is 11.4 Å². The summed E-state index contributed by atoms with van der Waals surface area (Å²) < 4.78 is 16.2. The number of ether oxygens (including phenoxy) is 2. The van der Waals surface area contributed by atoms with Crippen LogP contribution in [0.5, 0.6) is 0 Å². The van der Waals surface area contributed by atoms with E-state index in [0.717, 1.165) is 24.2 Å². The van der Waals surface area contributed by atoms with Gasteiger partial charge in [-0.1, -0.05) is 49.2 Å². The molecule has 2 aromatic heterocycles. The zero-order valence-electron chi connectivity index (χ0n) is 25.7. The summed E-state index contributed by atoms with van der Waals surface area (Å²) in [5.41, 5.74) is -0.908. The summed E-state index contributed by atoms with van der Waals surface area (Å²) in [6, 6.07) is 9.44. The fourth-order valence-electron chi connectivity index (χ4n) is 5.36. The minimum Gasteiger partial charge on any atom is -0.394 e. The van der Waals surface area contributed by atoms with E-state index >= 15 is 0 Å². The van der Waals surface area contributed by atoms with Gasteiger partial charge in [0.2, 0.25) is 0 Å². The molecule has 14 heteroatoms. The fraction of sp³-hybridized carbons (Fsp3) is 0.548. The fourth-order valence-corrected chi connectivity index (χ4v) is 6.36. The van der Waals surface area contributed by atoms with Crippen LogP contribution in [0.4, 0.5) is 0 Å². The van der Waals surface area contributed by atoms with Gasteiger partial charge in [-0.2, -0.15) is 0 Å². The highest BCUT2D eigenvalue weighted by molar-refractivity contribution is 7.99. The van der Waals surface area contributed by atoms with Crippen LogP contribution in [0.3, 0.4) is 0 Å². The largest absolute Gasteiger partial charge is 0.394 e. The Morgan fingerprint density at radius 3 is 2.16 bits per heavy atom. The predicted octanol–water partition coefficient (Wildman–Crippen LogP) is 1.36. The number of hydrogen-bond acceptors (Lipinski definition) is 10. The van der Waals surface area contributed by atoms with Crippen LogP contribution in [0, 0.1) is 13.8 Å². The Kier molecular flexibility index (Phi) is 12.6. The van der Waals surface area contributed by atoms with E-state index in [0.29, 0.717) is 29.0 Å². The molecule has 3 aromatic rings. The van der Waals surface area contributed by atoms with Gasteiger partial charge in [-0.15, -0.1) is 0 Å². The van der Waals surface area contributed by atoms with Crippen molar-refractivity contribution in [2.45, 2.75) is 101 Å². The average Bonchev–Trinajstić information content (AvgIpc) is 3.42. The van der Waals surface area contributed by atoms with Gasteiger partial charge in [0.15, 0.2) is 0 Å². The van der Waals surface area contributed by atoms with Gasteiger partial charge in [0.1, 0.15) is 19.1 Å². The van der Waals surface area contributed by atoms with Crippen LogP contribution in [0.2, 0.25) is 0 Å². The Morgan fingerprint density at radius 1 is 0.889 bits per heavy atom. The molecule has 0 aliphatic carbocycles. The lowest BCUT2D eigenvalue weighted by atomic mass is 10.1. The summed E-state index contributed by atoms with van der Waals surface area (Å²) in [5, 5.41) is 29.1. The lowest BCUT2D eigenvalue weighted by Gasteiger charge is -2.18. The summed E-state index contributed by atoms with van der Waals surface area (Å²) in [6.45, 7) is 3.18. The SMILES string of the molecule is Cc1cn([C@H]2C[C@H](O)[C@@H](CO)O2)c(=O)n(CCCCCCCn2c(=O)c(C)c(Sc3ccccc3)n(COCCO)c2=O)c1=O. The molecule has 0 bridgehead atoms. The van der Waals surface area contributed by atoms with E-state index < -0.39 is 29.8 Å². The van der Waals surface area contributed by atoms with Gasteiger partial charge in [-0.25, -0.2) is 9.59 Å². The lowest BCUT2D eigenvalue weighted by Crippen LogP contribution is -2.42. The molecule has 0 saturated carbocycles. The van der Waals surface area contributed by atoms with Crippen molar-refractivity contribution in [3.63, 3.8) is 0 Å². The highest BCUT2D eigenvalue weighted by Crippen LogP contribution is 2.28. The number of aliphatic hydroxyl groups is 3. The molecule has 4 rings (SSSR count). The van der Waals surface area contributed by atoms with Crippen LogP contribution in [0.15, 0.2) is 65.6 Å². The van der Waals surface area contributed by atoms with E-state index in [9.17, 15) is 29.4 Å². The standard InChI is InChI=1S/C31H42N4O9S/c1-21-18-34(26-17-24(38)25(19-37)44-26)30(41)32(27(21)39)13-9-4-3-5-10-14-33-28(40)22(2)29(45-23-11-7-6-8-12-23)35(31(33)42)20-43-16-15-36/h6-8,11-12,18,24-26,36-38H,3-5,9-10,13-17,19-20H2,1-2H3/t24-,25+,26+/m0/s1. The molecule has 0 unspecified atom stereocenters. The van der Waals surface area contributed by atoms with Crippen LogP contribution in [-0.4, -0.2) is 65.6 Å². The molecule has 1 aromatic carbocycles. The van der Waals surface area contributed by atoms with Crippen molar-refractivity contribution < 1.29 is 24.8 Å².